The number of carboxylic acid groups (broad SMARTS) is 2. The van der Waals surface area contributed by atoms with Crippen molar-refractivity contribution in [2.75, 3.05) is 13.1 Å². The van der Waals surface area contributed by atoms with Gasteiger partial charge in [-0.2, -0.15) is 0 Å². The van der Waals surface area contributed by atoms with Crippen LogP contribution in [0, 0.1) is 0 Å². The molecule has 13 heteroatoms. The maximum absolute atomic E-state index is 11.4. The molecule has 0 aliphatic heterocycles. The van der Waals surface area contributed by atoms with Crippen LogP contribution in [0.15, 0.2) is 23.0 Å². The number of rotatable bonds is 42. The number of carbonyl (C=O) groups is 2. The zero-order valence-corrected chi connectivity index (χ0v) is 40.4. The number of hydrogen-bond donors (Lipinski definition) is 2. The van der Waals surface area contributed by atoms with Gasteiger partial charge in [-0.25, -0.2) is 26.3 Å². The van der Waals surface area contributed by atoms with Crippen molar-refractivity contribution in [3.8, 4) is 0 Å². The average molecular weight is 873 g/mol. The zero-order valence-electron chi connectivity index (χ0n) is 36.6. The quantitative estimate of drug-likeness (QED) is 0.0451. The fraction of sp³-hybridized carbons (Fsp3) is 0.864. The van der Waals surface area contributed by atoms with Gasteiger partial charge in [0.2, 0.25) is 20.0 Å². The van der Waals surface area contributed by atoms with E-state index in [9.17, 15) is 36.6 Å². The summed E-state index contributed by atoms with van der Waals surface area (Å²) >= 11 is 0. The van der Waals surface area contributed by atoms with Gasteiger partial charge in [0.15, 0.2) is 0 Å². The molecule has 0 unspecified atom stereocenters. The van der Waals surface area contributed by atoms with Crippen molar-refractivity contribution in [1.82, 2.24) is 9.44 Å². The molecular formula is C44H84CaN2O8S2. The van der Waals surface area contributed by atoms with Crippen LogP contribution >= 0.6 is 0 Å². The van der Waals surface area contributed by atoms with E-state index in [0.29, 0.717) is 12.8 Å². The minimum Gasteiger partial charge on any atom is -0.549 e. The number of allylic oxidation sites excluding steroid dienone is 2. The summed E-state index contributed by atoms with van der Waals surface area (Å²) in [5, 5.41) is 22.5. The molecule has 0 amide bonds. The van der Waals surface area contributed by atoms with Crippen molar-refractivity contribution < 1.29 is 36.6 Å². The third-order valence-corrected chi connectivity index (χ3v) is 12.0. The number of carbonyl (C=O) groups excluding carboxylic acids is 2. The summed E-state index contributed by atoms with van der Waals surface area (Å²) in [6.45, 7) is 3.15. The SMILES string of the molecule is CCCCCCCCCCCCCCCCCC/C=C/S(=O)(=O)NCC(=O)[O-].CCCCCCCCCCCCCCCCCC/C=C/S(=O)(=O)NCC(=O)[O-].[Ca+2]. The normalized spacial score (nSPS) is 11.8. The molecule has 0 radical (unpaired) electrons. The van der Waals surface area contributed by atoms with Gasteiger partial charge in [-0.1, -0.05) is 219 Å². The van der Waals surface area contributed by atoms with Crippen LogP contribution in [0.3, 0.4) is 0 Å². The molecule has 0 fully saturated rings. The van der Waals surface area contributed by atoms with Crippen molar-refractivity contribution in [1.29, 1.82) is 0 Å². The van der Waals surface area contributed by atoms with Gasteiger partial charge >= 0.3 is 37.7 Å². The van der Waals surface area contributed by atoms with E-state index in [1.54, 1.807) is 12.2 Å². The van der Waals surface area contributed by atoms with E-state index in [-0.39, 0.29) is 37.7 Å². The Kier molecular flexibility index (Phi) is 49.7. The second-order valence-electron chi connectivity index (χ2n) is 15.4. The van der Waals surface area contributed by atoms with Gasteiger partial charge in [0.1, 0.15) is 0 Å². The first kappa shape index (κ1) is 60.8. The molecule has 0 saturated carbocycles. The van der Waals surface area contributed by atoms with E-state index < -0.39 is 45.1 Å². The molecule has 0 aliphatic rings. The topological polar surface area (TPSA) is 173 Å². The van der Waals surface area contributed by atoms with E-state index in [4.69, 9.17) is 0 Å². The van der Waals surface area contributed by atoms with Crippen LogP contribution in [0.2, 0.25) is 0 Å². The second-order valence-corrected chi connectivity index (χ2v) is 18.7. The molecular weight excluding hydrogens is 789 g/mol. The van der Waals surface area contributed by atoms with Crippen LogP contribution in [-0.4, -0.2) is 79.6 Å². The fourth-order valence-electron chi connectivity index (χ4n) is 6.43. The molecule has 2 N–H and O–H groups in total. The maximum atomic E-state index is 11.4. The van der Waals surface area contributed by atoms with Crippen LogP contribution in [0.4, 0.5) is 0 Å². The molecule has 0 rings (SSSR count). The molecule has 0 bridgehead atoms. The fourth-order valence-corrected chi connectivity index (χ4v) is 8.03. The largest absolute Gasteiger partial charge is 2.00 e. The third-order valence-electron chi connectivity index (χ3n) is 9.83. The maximum Gasteiger partial charge on any atom is 2.00 e. The van der Waals surface area contributed by atoms with E-state index in [1.807, 2.05) is 9.44 Å². The summed E-state index contributed by atoms with van der Waals surface area (Å²) in [5.41, 5.74) is 0. The molecule has 0 aliphatic carbocycles. The van der Waals surface area contributed by atoms with Gasteiger partial charge in [-0.15, -0.1) is 0 Å². The number of unbranched alkanes of at least 4 members (excludes halogenated alkanes) is 32. The molecule has 0 spiro atoms. The van der Waals surface area contributed by atoms with Gasteiger partial charge in [-0.3, -0.25) is 0 Å². The van der Waals surface area contributed by atoms with Crippen LogP contribution in [0.5, 0.6) is 0 Å². The van der Waals surface area contributed by atoms with Crippen molar-refractivity contribution in [2.45, 2.75) is 232 Å². The van der Waals surface area contributed by atoms with E-state index in [2.05, 4.69) is 13.8 Å². The monoisotopic (exact) mass is 873 g/mol. The molecule has 10 nitrogen and oxygen atoms in total. The number of sulfonamides is 2. The van der Waals surface area contributed by atoms with E-state index >= 15 is 0 Å². The van der Waals surface area contributed by atoms with E-state index in [0.717, 1.165) is 36.5 Å². The van der Waals surface area contributed by atoms with Gasteiger partial charge in [0.25, 0.3) is 0 Å². The molecule has 0 aromatic carbocycles. The minimum atomic E-state index is -3.65. The molecule has 332 valence electrons. The van der Waals surface area contributed by atoms with Gasteiger partial charge in [0.05, 0.1) is 25.0 Å². The molecule has 0 atom stereocenters. The Balaban J connectivity index is -0.00000101. The number of nitrogens with one attached hydrogen (secondary N) is 2. The summed E-state index contributed by atoms with van der Waals surface area (Å²) < 4.78 is 49.5. The molecule has 57 heavy (non-hydrogen) atoms. The van der Waals surface area contributed by atoms with Crippen LogP contribution in [0.1, 0.15) is 232 Å². The smallest absolute Gasteiger partial charge is 0.549 e. The van der Waals surface area contributed by atoms with Crippen LogP contribution in [0.25, 0.3) is 0 Å². The summed E-state index contributed by atoms with van der Waals surface area (Å²) in [6, 6.07) is 0. The Labute approximate surface area is 381 Å². The Morgan fingerprint density at radius 1 is 0.386 bits per heavy atom. The molecule has 0 aromatic heterocycles. The summed E-state index contributed by atoms with van der Waals surface area (Å²) in [5.74, 6) is -2.87. The van der Waals surface area contributed by atoms with Crippen molar-refractivity contribution in [3.63, 3.8) is 0 Å². The molecule has 0 aromatic rings. The van der Waals surface area contributed by atoms with Crippen molar-refractivity contribution >= 4 is 69.7 Å². The average Bonchev–Trinajstić information content (AvgIpc) is 3.15. The predicted octanol–water partition coefficient (Wildman–Crippen LogP) is 9.26. The Morgan fingerprint density at radius 2 is 0.579 bits per heavy atom. The van der Waals surface area contributed by atoms with Crippen molar-refractivity contribution in [2.24, 2.45) is 0 Å². The Morgan fingerprint density at radius 3 is 0.772 bits per heavy atom. The first-order valence-electron chi connectivity index (χ1n) is 22.7. The standard InChI is InChI=1S/2C22H43NO4S.Ca/c2*1-2-3-4-5-6-7-8-9-10-11-12-13-14-15-16-17-18-19-20-28(26,27)23-21-22(24)25;/h2*19-20,23H,2-18,21H2,1H3,(H,24,25);/q;;+2/p-2/b2*20-19+;. The molecule has 0 heterocycles. The predicted molar refractivity (Wildman–Crippen MR) is 236 cm³/mol. The summed E-state index contributed by atoms with van der Waals surface area (Å²) in [4.78, 5) is 20.5. The number of carboxylic acids is 2. The second kappa shape index (κ2) is 46.6. The minimum absolute atomic E-state index is 0. The molecule has 0 saturated heterocycles. The van der Waals surface area contributed by atoms with Gasteiger partial charge < -0.3 is 19.8 Å². The van der Waals surface area contributed by atoms with Gasteiger partial charge in [0, 0.05) is 10.8 Å². The van der Waals surface area contributed by atoms with Crippen LogP contribution in [-0.2, 0) is 29.6 Å². The first-order chi connectivity index (χ1) is 27.0. The van der Waals surface area contributed by atoms with Gasteiger partial charge in [-0.05, 0) is 25.7 Å². The van der Waals surface area contributed by atoms with Crippen LogP contribution < -0.4 is 19.7 Å². The summed E-state index contributed by atoms with van der Waals surface area (Å²) in [7, 11) is -7.30. The number of aliphatic carboxylic acids is 2. The third kappa shape index (κ3) is 55.5. The number of hydrogen-bond acceptors (Lipinski definition) is 8. The Hall–Kier alpha value is -0.500. The first-order valence-corrected chi connectivity index (χ1v) is 25.8. The van der Waals surface area contributed by atoms with Crippen molar-refractivity contribution in [3.05, 3.63) is 23.0 Å². The Bertz CT molecular complexity index is 1070. The summed E-state index contributed by atoms with van der Waals surface area (Å²) in [6.07, 6.45) is 46.7. The zero-order chi connectivity index (χ0) is 41.9. The van der Waals surface area contributed by atoms with E-state index in [1.165, 1.54) is 180 Å².